The zero-order valence-electron chi connectivity index (χ0n) is 21.1. The van der Waals surface area contributed by atoms with Crippen molar-refractivity contribution in [2.45, 2.75) is 121 Å². The van der Waals surface area contributed by atoms with Gasteiger partial charge in [-0.2, -0.15) is 0 Å². The van der Waals surface area contributed by atoms with Crippen LogP contribution < -0.4 is 5.32 Å². The summed E-state index contributed by atoms with van der Waals surface area (Å²) in [7, 11) is 0. The van der Waals surface area contributed by atoms with Crippen molar-refractivity contribution in [3.8, 4) is 0 Å². The Morgan fingerprint density at radius 2 is 1.60 bits per heavy atom. The molecule has 1 amide bonds. The predicted octanol–water partition coefficient (Wildman–Crippen LogP) is 2.80. The van der Waals surface area contributed by atoms with E-state index in [4.69, 9.17) is 9.47 Å². The first kappa shape index (κ1) is 29.7. The zero-order chi connectivity index (χ0) is 25.5. The van der Waals surface area contributed by atoms with Crippen LogP contribution in [-0.4, -0.2) is 69.7 Å². The minimum absolute atomic E-state index is 0.0688. The van der Waals surface area contributed by atoms with Gasteiger partial charge in [0.2, 0.25) is 5.91 Å². The summed E-state index contributed by atoms with van der Waals surface area (Å²) >= 11 is 0. The summed E-state index contributed by atoms with van der Waals surface area (Å²) in [6.07, 6.45) is 5.87. The monoisotopic (exact) mass is 495 g/mol. The van der Waals surface area contributed by atoms with E-state index in [2.05, 4.69) is 12.2 Å². The van der Waals surface area contributed by atoms with E-state index < -0.39 is 43.2 Å². The Kier molecular flexibility index (Phi) is 14.4. The van der Waals surface area contributed by atoms with Crippen LogP contribution in [0.25, 0.3) is 0 Å². The molecule has 0 aromatic heterocycles. The van der Waals surface area contributed by atoms with Gasteiger partial charge in [0, 0.05) is 0 Å². The molecule has 0 bridgehead atoms. The predicted molar refractivity (Wildman–Crippen MR) is 133 cm³/mol. The molecule has 1 aromatic rings. The number of nitrogens with one attached hydrogen (secondary N) is 1. The first-order valence-corrected chi connectivity index (χ1v) is 13.2. The Morgan fingerprint density at radius 1 is 0.971 bits per heavy atom. The van der Waals surface area contributed by atoms with Crippen LogP contribution in [0, 0.1) is 0 Å². The molecular weight excluding hydrogens is 450 g/mol. The molecule has 8 nitrogen and oxygen atoms in total. The van der Waals surface area contributed by atoms with Crippen molar-refractivity contribution in [2.24, 2.45) is 0 Å². The van der Waals surface area contributed by atoms with Gasteiger partial charge in [-0.15, -0.1) is 0 Å². The number of ether oxygens (including phenoxy) is 2. The van der Waals surface area contributed by atoms with Crippen LogP contribution in [0.3, 0.4) is 0 Å². The lowest BCUT2D eigenvalue weighted by Gasteiger charge is -2.40. The van der Waals surface area contributed by atoms with Crippen LogP contribution in [0.2, 0.25) is 0 Å². The maximum atomic E-state index is 12.7. The summed E-state index contributed by atoms with van der Waals surface area (Å²) in [4.78, 5) is 12.7. The highest BCUT2D eigenvalue weighted by Crippen LogP contribution is 2.21. The quantitative estimate of drug-likeness (QED) is 0.210. The normalized spacial score (nSPS) is 25.3. The third kappa shape index (κ3) is 10.9. The molecular formula is C27H45NO7. The first-order chi connectivity index (χ1) is 17.0. The number of benzene rings is 1. The Labute approximate surface area is 209 Å². The Balaban J connectivity index is 1.82. The number of carbonyl (C=O) groups is 1. The standard InChI is InChI=1S/C27H45NO7/c1-2-3-4-5-6-7-8-9-13-16-21(34-19-20-14-11-10-12-15-20)17-23(30)28-24-26(32)25(31)22(18-29)35-27(24)33/h10-12,14-15,21-22,24-27,29,31-33H,2-9,13,16-19H2,1H3,(H,28,30)/t21-,22+,24+,25+,26+,27?/m0/s1. The lowest BCUT2D eigenvalue weighted by Crippen LogP contribution is -2.64. The molecule has 1 fully saturated rings. The largest absolute Gasteiger partial charge is 0.394 e. The third-order valence-electron chi connectivity index (χ3n) is 6.60. The van der Waals surface area contributed by atoms with Crippen LogP contribution in [0.4, 0.5) is 0 Å². The fraction of sp³-hybridized carbons (Fsp3) is 0.741. The number of amides is 1. The van der Waals surface area contributed by atoms with E-state index in [1.807, 2.05) is 30.3 Å². The van der Waals surface area contributed by atoms with Gasteiger partial charge in [-0.25, -0.2) is 0 Å². The molecule has 35 heavy (non-hydrogen) atoms. The number of hydrogen-bond acceptors (Lipinski definition) is 7. The highest BCUT2D eigenvalue weighted by atomic mass is 16.6. The second-order valence-corrected chi connectivity index (χ2v) is 9.56. The van der Waals surface area contributed by atoms with Crippen molar-refractivity contribution in [3.05, 3.63) is 35.9 Å². The van der Waals surface area contributed by atoms with Gasteiger partial charge in [0.25, 0.3) is 0 Å². The Morgan fingerprint density at radius 3 is 2.23 bits per heavy atom. The molecule has 1 heterocycles. The summed E-state index contributed by atoms with van der Waals surface area (Å²) < 4.78 is 11.2. The van der Waals surface area contributed by atoms with Crippen molar-refractivity contribution in [3.63, 3.8) is 0 Å². The topological polar surface area (TPSA) is 128 Å². The number of carbonyl (C=O) groups excluding carboxylic acids is 1. The molecule has 1 unspecified atom stereocenters. The zero-order valence-corrected chi connectivity index (χ0v) is 21.1. The molecule has 0 spiro atoms. The van der Waals surface area contributed by atoms with Gasteiger partial charge in [-0.1, -0.05) is 95.0 Å². The number of aliphatic hydroxyl groups excluding tert-OH is 4. The van der Waals surface area contributed by atoms with Crippen molar-refractivity contribution in [1.29, 1.82) is 0 Å². The molecule has 2 rings (SSSR count). The fourth-order valence-corrected chi connectivity index (χ4v) is 4.42. The number of unbranched alkanes of at least 4 members (excludes halogenated alkanes) is 8. The molecule has 1 aromatic carbocycles. The molecule has 5 N–H and O–H groups in total. The van der Waals surface area contributed by atoms with Crippen LogP contribution in [-0.2, 0) is 20.9 Å². The van der Waals surface area contributed by atoms with Gasteiger partial charge in [-0.3, -0.25) is 4.79 Å². The van der Waals surface area contributed by atoms with E-state index >= 15 is 0 Å². The molecule has 0 radical (unpaired) electrons. The molecule has 6 atom stereocenters. The summed E-state index contributed by atoms with van der Waals surface area (Å²) in [6, 6.07) is 8.58. The summed E-state index contributed by atoms with van der Waals surface area (Å²) in [6.45, 7) is 2.06. The van der Waals surface area contributed by atoms with Crippen LogP contribution >= 0.6 is 0 Å². The minimum Gasteiger partial charge on any atom is -0.394 e. The Bertz CT molecular complexity index is 689. The van der Waals surface area contributed by atoms with Crippen molar-refractivity contribution >= 4 is 5.91 Å². The summed E-state index contributed by atoms with van der Waals surface area (Å²) in [5.41, 5.74) is 1.02. The molecule has 200 valence electrons. The van der Waals surface area contributed by atoms with Crippen LogP contribution in [0.15, 0.2) is 30.3 Å². The van der Waals surface area contributed by atoms with Crippen molar-refractivity contribution in [2.75, 3.05) is 6.61 Å². The molecule has 1 saturated heterocycles. The first-order valence-electron chi connectivity index (χ1n) is 13.2. The SMILES string of the molecule is CCCCCCCCCCC[C@@H](CC(=O)N[C@H]1C(O)O[C@H](CO)[C@@H](O)[C@@H]1O)OCc1ccccc1. The smallest absolute Gasteiger partial charge is 0.223 e. The molecule has 1 aliphatic heterocycles. The average molecular weight is 496 g/mol. The van der Waals surface area contributed by atoms with Crippen LogP contribution in [0.1, 0.15) is 83.1 Å². The molecule has 0 saturated carbocycles. The van der Waals surface area contributed by atoms with Crippen LogP contribution in [0.5, 0.6) is 0 Å². The second kappa shape index (κ2) is 17.0. The molecule has 8 heteroatoms. The number of hydrogen-bond donors (Lipinski definition) is 5. The molecule has 1 aliphatic rings. The van der Waals surface area contributed by atoms with Gasteiger partial charge in [-0.05, 0) is 12.0 Å². The minimum atomic E-state index is -1.53. The van der Waals surface area contributed by atoms with Gasteiger partial charge >= 0.3 is 0 Å². The lowest BCUT2D eigenvalue weighted by molar-refractivity contribution is -0.254. The van der Waals surface area contributed by atoms with E-state index in [1.165, 1.54) is 44.9 Å². The van der Waals surface area contributed by atoms with Gasteiger partial charge in [0.1, 0.15) is 24.4 Å². The maximum absolute atomic E-state index is 12.7. The average Bonchev–Trinajstić information content (AvgIpc) is 2.86. The number of rotatable bonds is 17. The van der Waals surface area contributed by atoms with E-state index in [-0.39, 0.29) is 12.5 Å². The fourth-order valence-electron chi connectivity index (χ4n) is 4.42. The van der Waals surface area contributed by atoms with Crippen molar-refractivity contribution < 1.29 is 34.7 Å². The van der Waals surface area contributed by atoms with E-state index in [0.29, 0.717) is 6.61 Å². The summed E-state index contributed by atoms with van der Waals surface area (Å²) in [5, 5.41) is 42.3. The van der Waals surface area contributed by atoms with E-state index in [1.54, 1.807) is 0 Å². The molecule has 0 aliphatic carbocycles. The van der Waals surface area contributed by atoms with E-state index in [0.717, 1.165) is 24.8 Å². The maximum Gasteiger partial charge on any atom is 0.223 e. The second-order valence-electron chi connectivity index (χ2n) is 9.56. The van der Waals surface area contributed by atoms with Crippen molar-refractivity contribution in [1.82, 2.24) is 5.32 Å². The lowest BCUT2D eigenvalue weighted by atomic mass is 9.96. The third-order valence-corrected chi connectivity index (χ3v) is 6.60. The number of aliphatic hydroxyl groups is 4. The Hall–Kier alpha value is -1.55. The van der Waals surface area contributed by atoms with Gasteiger partial charge < -0.3 is 35.2 Å². The van der Waals surface area contributed by atoms with Gasteiger partial charge in [0.15, 0.2) is 6.29 Å². The highest BCUT2D eigenvalue weighted by molar-refractivity contribution is 5.77. The highest BCUT2D eigenvalue weighted by Gasteiger charge is 2.44. The van der Waals surface area contributed by atoms with E-state index in [9.17, 15) is 25.2 Å². The van der Waals surface area contributed by atoms with Gasteiger partial charge in [0.05, 0.1) is 25.7 Å². The summed E-state index contributed by atoms with van der Waals surface area (Å²) in [5.74, 6) is -0.402.